The first-order chi connectivity index (χ1) is 17.1. The van der Waals surface area contributed by atoms with Crippen LogP contribution < -0.4 is 5.32 Å². The highest BCUT2D eigenvalue weighted by Crippen LogP contribution is 2.34. The first-order valence-corrected chi connectivity index (χ1v) is 11.8. The number of nitrogens with zero attached hydrogens (tertiary/aromatic N) is 3. The van der Waals surface area contributed by atoms with E-state index in [2.05, 4.69) is 20.8 Å². The molecule has 2 aromatic carbocycles. The minimum atomic E-state index is -0.255. The third-order valence-electron chi connectivity index (χ3n) is 6.41. The zero-order chi connectivity index (χ0) is 24.2. The molecular formula is C28H26N4O3. The summed E-state index contributed by atoms with van der Waals surface area (Å²) >= 11 is 0. The number of nitrogens with one attached hydrogen (secondary N) is 1. The number of amides is 2. The number of imidazole rings is 1. The molecule has 1 saturated carbocycles. The minimum absolute atomic E-state index is 0.124. The number of furan rings is 1. The second-order valence-electron chi connectivity index (χ2n) is 8.75. The lowest BCUT2D eigenvalue weighted by Crippen LogP contribution is -2.31. The Morgan fingerprint density at radius 3 is 2.66 bits per heavy atom. The molecule has 0 saturated heterocycles. The highest BCUT2D eigenvalue weighted by atomic mass is 16.3. The van der Waals surface area contributed by atoms with E-state index >= 15 is 0 Å². The fourth-order valence-corrected chi connectivity index (χ4v) is 4.73. The van der Waals surface area contributed by atoms with E-state index in [1.165, 1.54) is 0 Å². The van der Waals surface area contributed by atoms with Crippen molar-refractivity contribution in [2.45, 2.75) is 38.3 Å². The fraction of sp³-hybridized carbons (Fsp3) is 0.250. The van der Waals surface area contributed by atoms with Gasteiger partial charge in [0.25, 0.3) is 11.8 Å². The van der Waals surface area contributed by atoms with Crippen LogP contribution in [0.2, 0.25) is 0 Å². The van der Waals surface area contributed by atoms with Crippen molar-refractivity contribution < 1.29 is 14.0 Å². The van der Waals surface area contributed by atoms with Crippen LogP contribution in [-0.2, 0) is 6.54 Å². The first kappa shape index (κ1) is 22.5. The number of benzene rings is 2. The lowest BCUT2D eigenvalue weighted by atomic mass is 10.1. The number of hydrogen-bond acceptors (Lipinski definition) is 4. The molecule has 176 valence electrons. The molecule has 0 radical (unpaired) electrons. The van der Waals surface area contributed by atoms with Gasteiger partial charge in [0.1, 0.15) is 5.76 Å². The standard InChI is InChI=1S/C28H26N4O3/c1-2-14-31(18-23-13-8-15-35-23)28(34)24-16-21(30-27(33)20-9-4-3-5-10-20)17-25-26(24)32(19-29-25)22-11-6-7-12-22/h1,3-5,8-10,13,15-17,19,22H,6-7,11-12,14,18H2,(H,30,33). The molecule has 0 bridgehead atoms. The predicted octanol–water partition coefficient (Wildman–Crippen LogP) is 5.27. The fourth-order valence-electron chi connectivity index (χ4n) is 4.73. The van der Waals surface area contributed by atoms with Gasteiger partial charge in [-0.3, -0.25) is 9.59 Å². The van der Waals surface area contributed by atoms with Gasteiger partial charge >= 0.3 is 0 Å². The average Bonchev–Trinajstić information content (AvgIpc) is 3.65. The van der Waals surface area contributed by atoms with Crippen molar-refractivity contribution >= 4 is 28.5 Å². The Bertz CT molecular complexity index is 1380. The van der Waals surface area contributed by atoms with Crippen LogP contribution in [0.15, 0.2) is 71.6 Å². The van der Waals surface area contributed by atoms with E-state index in [9.17, 15) is 9.59 Å². The van der Waals surface area contributed by atoms with Gasteiger partial charge in [0, 0.05) is 17.3 Å². The highest BCUT2D eigenvalue weighted by Gasteiger charge is 2.26. The summed E-state index contributed by atoms with van der Waals surface area (Å²) in [6.45, 7) is 0.370. The van der Waals surface area contributed by atoms with E-state index in [1.807, 2.05) is 30.3 Å². The predicted molar refractivity (Wildman–Crippen MR) is 134 cm³/mol. The molecule has 2 aromatic heterocycles. The van der Waals surface area contributed by atoms with Gasteiger partial charge in [0.15, 0.2) is 0 Å². The summed E-state index contributed by atoms with van der Waals surface area (Å²) in [5.74, 6) is 2.73. The maximum atomic E-state index is 13.9. The smallest absolute Gasteiger partial charge is 0.257 e. The highest BCUT2D eigenvalue weighted by molar-refractivity contribution is 6.09. The summed E-state index contributed by atoms with van der Waals surface area (Å²) < 4.78 is 7.57. The number of anilines is 1. The molecule has 1 aliphatic rings. The molecule has 35 heavy (non-hydrogen) atoms. The lowest BCUT2D eigenvalue weighted by molar-refractivity contribution is 0.0756. The molecule has 0 atom stereocenters. The van der Waals surface area contributed by atoms with E-state index < -0.39 is 0 Å². The maximum Gasteiger partial charge on any atom is 0.257 e. The van der Waals surface area contributed by atoms with E-state index in [0.717, 1.165) is 31.2 Å². The number of aromatic nitrogens is 2. The second-order valence-corrected chi connectivity index (χ2v) is 8.75. The molecule has 2 amide bonds. The molecule has 7 nitrogen and oxygen atoms in total. The molecule has 0 spiro atoms. The number of terminal acetylenes is 1. The summed E-state index contributed by atoms with van der Waals surface area (Å²) in [5.41, 5.74) is 2.91. The Balaban J connectivity index is 1.56. The summed E-state index contributed by atoms with van der Waals surface area (Å²) in [4.78, 5) is 32.9. The van der Waals surface area contributed by atoms with Gasteiger partial charge in [-0.15, -0.1) is 6.42 Å². The second kappa shape index (κ2) is 9.90. The lowest BCUT2D eigenvalue weighted by Gasteiger charge is -2.22. The Morgan fingerprint density at radius 1 is 1.14 bits per heavy atom. The van der Waals surface area contributed by atoms with E-state index in [0.29, 0.717) is 34.1 Å². The molecular weight excluding hydrogens is 440 g/mol. The molecule has 2 heterocycles. The summed E-state index contributed by atoms with van der Waals surface area (Å²) in [5, 5.41) is 2.92. The quantitative estimate of drug-likeness (QED) is 0.376. The van der Waals surface area contributed by atoms with Gasteiger partial charge < -0.3 is 19.2 Å². The van der Waals surface area contributed by atoms with Crippen LogP contribution in [-0.4, -0.2) is 32.8 Å². The van der Waals surface area contributed by atoms with Gasteiger partial charge in [-0.1, -0.05) is 37.0 Å². The molecule has 0 aliphatic heterocycles. The largest absolute Gasteiger partial charge is 0.467 e. The topological polar surface area (TPSA) is 80.4 Å². The van der Waals surface area contributed by atoms with E-state index in [-0.39, 0.29) is 24.9 Å². The summed E-state index contributed by atoms with van der Waals surface area (Å²) in [6.07, 6.45) is 13.4. The number of carbonyl (C=O) groups excluding carboxylic acids is 2. The molecule has 1 aliphatic carbocycles. The van der Waals surface area contributed by atoms with Crippen molar-refractivity contribution in [3.63, 3.8) is 0 Å². The van der Waals surface area contributed by atoms with Crippen LogP contribution in [0.1, 0.15) is 58.2 Å². The third-order valence-corrected chi connectivity index (χ3v) is 6.41. The number of carbonyl (C=O) groups is 2. The number of fused-ring (bicyclic) bond motifs is 1. The van der Waals surface area contributed by atoms with Crippen LogP contribution in [0.4, 0.5) is 5.69 Å². The van der Waals surface area contributed by atoms with Crippen LogP contribution in [0.3, 0.4) is 0 Å². The van der Waals surface area contributed by atoms with Crippen molar-refractivity contribution in [2.24, 2.45) is 0 Å². The van der Waals surface area contributed by atoms with Gasteiger partial charge in [-0.05, 0) is 49.2 Å². The van der Waals surface area contributed by atoms with E-state index in [1.54, 1.807) is 41.8 Å². The maximum absolute atomic E-state index is 13.9. The molecule has 5 rings (SSSR count). The van der Waals surface area contributed by atoms with Crippen molar-refractivity contribution in [1.82, 2.24) is 14.5 Å². The summed E-state index contributed by atoms with van der Waals surface area (Å²) in [7, 11) is 0. The average molecular weight is 467 g/mol. The van der Waals surface area contributed by atoms with Gasteiger partial charge in [0.2, 0.25) is 0 Å². The van der Waals surface area contributed by atoms with E-state index in [4.69, 9.17) is 10.8 Å². The summed E-state index contributed by atoms with van der Waals surface area (Å²) in [6, 6.07) is 16.4. The zero-order valence-electron chi connectivity index (χ0n) is 19.3. The van der Waals surface area contributed by atoms with Crippen LogP contribution >= 0.6 is 0 Å². The number of rotatable bonds is 7. The zero-order valence-corrected chi connectivity index (χ0v) is 19.3. The molecule has 0 unspecified atom stereocenters. The van der Waals surface area contributed by atoms with Gasteiger partial charge in [-0.2, -0.15) is 0 Å². The monoisotopic (exact) mass is 466 g/mol. The van der Waals surface area contributed by atoms with Crippen molar-refractivity contribution in [2.75, 3.05) is 11.9 Å². The minimum Gasteiger partial charge on any atom is -0.467 e. The molecule has 1 N–H and O–H groups in total. The van der Waals surface area contributed by atoms with Crippen LogP contribution in [0.25, 0.3) is 11.0 Å². The molecule has 4 aromatic rings. The van der Waals surface area contributed by atoms with Crippen molar-refractivity contribution in [1.29, 1.82) is 0 Å². The molecule has 7 heteroatoms. The van der Waals surface area contributed by atoms with Crippen LogP contribution in [0.5, 0.6) is 0 Å². The number of hydrogen-bond donors (Lipinski definition) is 1. The SMILES string of the molecule is C#CCN(Cc1ccco1)C(=O)c1cc(NC(=O)c2ccccc2)cc2ncn(C3CCCC3)c12. The van der Waals surface area contributed by atoms with Crippen LogP contribution in [0, 0.1) is 12.3 Å². The first-order valence-electron chi connectivity index (χ1n) is 11.8. The van der Waals surface area contributed by atoms with Gasteiger partial charge in [0.05, 0.1) is 42.3 Å². The van der Waals surface area contributed by atoms with Crippen molar-refractivity contribution in [3.05, 3.63) is 84.1 Å². The Labute approximate surface area is 203 Å². The van der Waals surface area contributed by atoms with Gasteiger partial charge in [-0.25, -0.2) is 4.98 Å². The Kier molecular flexibility index (Phi) is 6.36. The normalized spacial score (nSPS) is 13.6. The Morgan fingerprint density at radius 2 is 1.94 bits per heavy atom. The third kappa shape index (κ3) is 4.69. The van der Waals surface area contributed by atoms with Crippen molar-refractivity contribution in [3.8, 4) is 12.3 Å². The Hall–Kier alpha value is -4.31. The molecule has 1 fully saturated rings.